The van der Waals surface area contributed by atoms with Crippen LogP contribution in [0.15, 0.2) is 52.3 Å². The number of carbonyl (C=O) groups is 3. The zero-order valence-corrected chi connectivity index (χ0v) is 26.4. The smallest absolute Gasteiger partial charge is 0.416 e. The summed E-state index contributed by atoms with van der Waals surface area (Å²) in [5, 5.41) is 14.5. The second-order valence-electron chi connectivity index (χ2n) is 11.3. The Morgan fingerprint density at radius 2 is 1.64 bits per heavy atom. The van der Waals surface area contributed by atoms with Crippen LogP contribution < -0.4 is 10.6 Å². The summed E-state index contributed by atoms with van der Waals surface area (Å²) in [5.41, 5.74) is -2.95. The first-order valence-corrected chi connectivity index (χ1v) is 16.6. The molecule has 0 aromatic heterocycles. The molecule has 3 amide bonds. The molecule has 0 bridgehead atoms. The van der Waals surface area contributed by atoms with Crippen LogP contribution in [0.4, 0.5) is 23.7 Å². The lowest BCUT2D eigenvalue weighted by atomic mass is 9.92. The largest absolute Gasteiger partial charge is 0.444 e. The fourth-order valence-corrected chi connectivity index (χ4v) is 6.40. The first kappa shape index (κ1) is 35.2. The molecule has 0 saturated heterocycles. The van der Waals surface area contributed by atoms with Crippen molar-refractivity contribution >= 4 is 45.2 Å². The molecule has 44 heavy (non-hydrogen) atoms. The minimum absolute atomic E-state index is 0.00481. The van der Waals surface area contributed by atoms with E-state index < -0.39 is 75.2 Å². The predicted molar refractivity (Wildman–Crippen MR) is 159 cm³/mol. The molecule has 1 aliphatic carbocycles. The lowest BCUT2D eigenvalue weighted by molar-refractivity contribution is -0.137. The van der Waals surface area contributed by atoms with Gasteiger partial charge in [0.05, 0.1) is 34.4 Å². The van der Waals surface area contributed by atoms with Crippen molar-refractivity contribution in [3.8, 4) is 0 Å². The monoisotopic (exact) mass is 659 g/mol. The number of rotatable bonds is 9. The highest BCUT2D eigenvalue weighted by molar-refractivity contribution is 7.98. The number of sulfone groups is 1. The van der Waals surface area contributed by atoms with Gasteiger partial charge in [0.15, 0.2) is 9.84 Å². The zero-order chi connectivity index (χ0) is 32.9. The normalized spacial score (nSPS) is 17.5. The molecule has 0 unspecified atom stereocenters. The van der Waals surface area contributed by atoms with Crippen LogP contribution in [0, 0.1) is 0 Å². The summed E-state index contributed by atoms with van der Waals surface area (Å²) in [5.74, 6) is -2.58. The van der Waals surface area contributed by atoms with Crippen LogP contribution in [0.5, 0.6) is 0 Å². The van der Waals surface area contributed by atoms with E-state index in [2.05, 4.69) is 10.6 Å². The number of amides is 3. The van der Waals surface area contributed by atoms with Crippen molar-refractivity contribution in [3.63, 3.8) is 0 Å². The number of hydrogen-bond donors (Lipinski definition) is 3. The minimum Gasteiger partial charge on any atom is -0.444 e. The maximum absolute atomic E-state index is 13.5. The van der Waals surface area contributed by atoms with Crippen LogP contribution >= 0.6 is 11.8 Å². The molecule has 3 rings (SSSR count). The van der Waals surface area contributed by atoms with E-state index in [4.69, 9.17) is 4.74 Å². The highest BCUT2D eigenvalue weighted by atomic mass is 32.2. The number of aliphatic hydroxyl groups is 1. The number of carbonyl (C=O) groups excluding carboxylic acids is 3. The average molecular weight is 660 g/mol. The van der Waals surface area contributed by atoms with Gasteiger partial charge in [0.25, 0.3) is 5.91 Å². The molecule has 0 aliphatic heterocycles. The number of aliphatic hydroxyl groups excluding tert-OH is 1. The summed E-state index contributed by atoms with van der Waals surface area (Å²) in [6.07, 6.45) is -3.25. The molecule has 15 heteroatoms. The van der Waals surface area contributed by atoms with Crippen LogP contribution in [0.25, 0.3) is 0 Å². The average Bonchev–Trinajstić information content (AvgIpc) is 2.93. The van der Waals surface area contributed by atoms with Crippen molar-refractivity contribution in [1.29, 1.82) is 0 Å². The Balaban J connectivity index is 1.84. The number of nitrogens with zero attached hydrogens (tertiary/aromatic N) is 1. The van der Waals surface area contributed by atoms with Gasteiger partial charge in [-0.15, -0.1) is 11.8 Å². The third-order valence-electron chi connectivity index (χ3n) is 6.78. The lowest BCUT2D eigenvalue weighted by Crippen LogP contribution is -2.49. The van der Waals surface area contributed by atoms with Gasteiger partial charge in [-0.2, -0.15) is 13.2 Å². The Labute approximate surface area is 258 Å². The standard InChI is InChI=1S/C29H36F3N3O7S2/c1-28(2,3)42-27(39)34-24-14-5-18(29(30,31)32)15-23(24)26(38)33-16-25(37)35(19-6-8-20(36)9-7-19)17-44(40,41)22-12-10-21(43-4)11-13-22/h5,10-15,19-20,36H,6-9,16-17H2,1-4H3,(H,33,38)(H,34,39). The number of alkyl halides is 3. The second-order valence-corrected chi connectivity index (χ2v) is 14.2. The van der Waals surface area contributed by atoms with Gasteiger partial charge in [-0.1, -0.05) is 0 Å². The number of anilines is 1. The summed E-state index contributed by atoms with van der Waals surface area (Å²) < 4.78 is 72.1. The Bertz CT molecular complexity index is 1450. The number of thioether (sulfide) groups is 1. The molecule has 0 heterocycles. The molecule has 1 fully saturated rings. The zero-order valence-electron chi connectivity index (χ0n) is 24.7. The van der Waals surface area contributed by atoms with Crippen molar-refractivity contribution in [2.24, 2.45) is 0 Å². The van der Waals surface area contributed by atoms with Crippen LogP contribution in [0.1, 0.15) is 62.4 Å². The van der Waals surface area contributed by atoms with Crippen LogP contribution in [0.3, 0.4) is 0 Å². The van der Waals surface area contributed by atoms with Gasteiger partial charge in [0, 0.05) is 10.9 Å². The van der Waals surface area contributed by atoms with Gasteiger partial charge in [-0.3, -0.25) is 14.9 Å². The van der Waals surface area contributed by atoms with Gasteiger partial charge in [-0.05, 0) is 95.2 Å². The van der Waals surface area contributed by atoms with E-state index in [-0.39, 0.29) is 10.6 Å². The highest BCUT2D eigenvalue weighted by Crippen LogP contribution is 2.32. The summed E-state index contributed by atoms with van der Waals surface area (Å²) in [7, 11) is -4.01. The van der Waals surface area contributed by atoms with E-state index >= 15 is 0 Å². The molecule has 3 N–H and O–H groups in total. The molecular weight excluding hydrogens is 623 g/mol. The summed E-state index contributed by atoms with van der Waals surface area (Å²) in [6.45, 7) is 4.01. The molecule has 0 radical (unpaired) electrons. The maximum Gasteiger partial charge on any atom is 0.416 e. The Morgan fingerprint density at radius 1 is 1.02 bits per heavy atom. The third-order valence-corrected chi connectivity index (χ3v) is 9.13. The molecule has 1 aliphatic rings. The van der Waals surface area contributed by atoms with Crippen LogP contribution in [-0.4, -0.2) is 72.8 Å². The molecule has 10 nitrogen and oxygen atoms in total. The fourth-order valence-electron chi connectivity index (χ4n) is 4.58. The van der Waals surface area contributed by atoms with Crippen molar-refractivity contribution in [3.05, 3.63) is 53.6 Å². The molecule has 2 aromatic rings. The Morgan fingerprint density at radius 3 is 2.18 bits per heavy atom. The molecule has 0 atom stereocenters. The molecule has 0 spiro atoms. The molecule has 2 aromatic carbocycles. The van der Waals surface area contributed by atoms with Gasteiger partial charge in [-0.25, -0.2) is 13.2 Å². The van der Waals surface area contributed by atoms with Crippen molar-refractivity contribution < 1.29 is 45.8 Å². The SMILES string of the molecule is CSc1ccc(S(=O)(=O)CN(C(=O)CNC(=O)c2cc(C(F)(F)F)ccc2NC(=O)OC(C)(C)C)C2CCC(O)CC2)cc1. The van der Waals surface area contributed by atoms with Gasteiger partial charge in [0.1, 0.15) is 11.5 Å². The summed E-state index contributed by atoms with van der Waals surface area (Å²) in [4.78, 5) is 40.8. The number of hydrogen-bond acceptors (Lipinski definition) is 8. The quantitative estimate of drug-likeness (QED) is 0.317. The van der Waals surface area contributed by atoms with E-state index in [0.717, 1.165) is 15.9 Å². The third kappa shape index (κ3) is 9.86. The summed E-state index contributed by atoms with van der Waals surface area (Å²) in [6, 6.07) is 7.71. The molecule has 242 valence electrons. The van der Waals surface area contributed by atoms with E-state index in [9.17, 15) is 41.1 Å². The van der Waals surface area contributed by atoms with Crippen molar-refractivity contribution in [2.45, 2.75) is 80.2 Å². The van der Waals surface area contributed by atoms with E-state index in [1.54, 1.807) is 32.9 Å². The van der Waals surface area contributed by atoms with Crippen LogP contribution in [-0.2, 0) is 25.5 Å². The summed E-state index contributed by atoms with van der Waals surface area (Å²) >= 11 is 1.43. The first-order chi connectivity index (χ1) is 20.4. The minimum atomic E-state index is -4.81. The maximum atomic E-state index is 13.5. The van der Waals surface area contributed by atoms with E-state index in [1.165, 1.54) is 23.9 Å². The topological polar surface area (TPSA) is 142 Å². The van der Waals surface area contributed by atoms with Crippen LogP contribution in [0.2, 0.25) is 0 Å². The lowest BCUT2D eigenvalue weighted by Gasteiger charge is -2.35. The number of halogens is 3. The van der Waals surface area contributed by atoms with Gasteiger partial charge >= 0.3 is 12.3 Å². The number of benzene rings is 2. The number of nitrogens with one attached hydrogen (secondary N) is 2. The second kappa shape index (κ2) is 14.2. The Kier molecular flexibility index (Phi) is 11.4. The molecular formula is C29H36F3N3O7S2. The predicted octanol–water partition coefficient (Wildman–Crippen LogP) is 5.07. The van der Waals surface area contributed by atoms with Crippen molar-refractivity contribution in [1.82, 2.24) is 10.2 Å². The molecule has 1 saturated carbocycles. The van der Waals surface area contributed by atoms with E-state index in [0.29, 0.717) is 37.8 Å². The van der Waals surface area contributed by atoms with Gasteiger partial charge in [0.2, 0.25) is 5.91 Å². The van der Waals surface area contributed by atoms with Crippen molar-refractivity contribution in [2.75, 3.05) is 24.0 Å². The number of ether oxygens (including phenoxy) is 1. The fraction of sp³-hybridized carbons (Fsp3) is 0.483. The van der Waals surface area contributed by atoms with E-state index in [1.807, 2.05) is 6.26 Å². The first-order valence-electron chi connectivity index (χ1n) is 13.7. The highest BCUT2D eigenvalue weighted by Gasteiger charge is 2.34. The Hall–Kier alpha value is -3.30. The van der Waals surface area contributed by atoms with Gasteiger partial charge < -0.3 is 20.1 Å².